The van der Waals surface area contributed by atoms with Gasteiger partial charge in [0.2, 0.25) is 0 Å². The predicted octanol–water partition coefficient (Wildman–Crippen LogP) is 3.24. The fraction of sp³-hybridized carbons (Fsp3) is 0.400. The number of guanidine groups is 1. The molecule has 0 aliphatic carbocycles. The summed E-state index contributed by atoms with van der Waals surface area (Å²) >= 11 is 0. The van der Waals surface area contributed by atoms with Crippen molar-refractivity contribution in [2.24, 2.45) is 4.99 Å². The van der Waals surface area contributed by atoms with Crippen LogP contribution in [0.1, 0.15) is 36.2 Å². The second kappa shape index (κ2) is 13.3. The smallest absolute Gasteiger partial charge is 0.191 e. The largest absolute Gasteiger partial charge is 0.383 e. The Morgan fingerprint density at radius 1 is 1.00 bits per heavy atom. The Hall–Kier alpha value is -3.19. The van der Waals surface area contributed by atoms with Crippen molar-refractivity contribution in [3.8, 4) is 0 Å². The lowest BCUT2D eigenvalue weighted by Crippen LogP contribution is -2.40. The van der Waals surface area contributed by atoms with E-state index in [-0.39, 0.29) is 0 Å². The van der Waals surface area contributed by atoms with E-state index in [0.717, 1.165) is 37.7 Å². The highest BCUT2D eigenvalue weighted by Gasteiger charge is 2.13. The molecule has 0 aliphatic heterocycles. The SMILES string of the molecule is CCc1nncn1CCNC(=NCCC(c1ccccc1)c1ccccc1)NCCOC. The number of aryl methyl sites for hydroxylation is 1. The van der Waals surface area contributed by atoms with Gasteiger partial charge in [-0.25, -0.2) is 0 Å². The normalized spacial score (nSPS) is 11.7. The molecule has 0 saturated carbocycles. The summed E-state index contributed by atoms with van der Waals surface area (Å²) in [6.07, 6.45) is 3.57. The van der Waals surface area contributed by atoms with Gasteiger partial charge in [-0.15, -0.1) is 10.2 Å². The van der Waals surface area contributed by atoms with Gasteiger partial charge in [0.1, 0.15) is 12.2 Å². The molecule has 170 valence electrons. The summed E-state index contributed by atoms with van der Waals surface area (Å²) in [5.74, 6) is 2.10. The van der Waals surface area contributed by atoms with Crippen molar-refractivity contribution in [2.75, 3.05) is 33.4 Å². The maximum absolute atomic E-state index is 5.18. The highest BCUT2D eigenvalue weighted by Crippen LogP contribution is 2.27. The molecule has 0 bridgehead atoms. The van der Waals surface area contributed by atoms with E-state index in [1.807, 2.05) is 0 Å². The molecule has 0 amide bonds. The van der Waals surface area contributed by atoms with Crippen LogP contribution in [0.15, 0.2) is 72.0 Å². The van der Waals surface area contributed by atoms with Crippen LogP contribution in [0.25, 0.3) is 0 Å². The average molecular weight is 435 g/mol. The van der Waals surface area contributed by atoms with Crippen molar-refractivity contribution in [3.05, 3.63) is 83.9 Å². The summed E-state index contributed by atoms with van der Waals surface area (Å²) in [6.45, 7) is 5.66. The first-order chi connectivity index (χ1) is 15.8. The minimum atomic E-state index is 0.311. The highest BCUT2D eigenvalue weighted by atomic mass is 16.5. The third-order valence-corrected chi connectivity index (χ3v) is 5.35. The Labute approximate surface area is 190 Å². The highest BCUT2D eigenvalue weighted by molar-refractivity contribution is 5.79. The van der Waals surface area contributed by atoms with Crippen LogP contribution in [-0.4, -0.2) is 54.1 Å². The number of benzene rings is 2. The van der Waals surface area contributed by atoms with Gasteiger partial charge in [0.25, 0.3) is 0 Å². The van der Waals surface area contributed by atoms with E-state index in [9.17, 15) is 0 Å². The molecule has 0 radical (unpaired) electrons. The number of hydrogen-bond donors (Lipinski definition) is 2. The lowest BCUT2D eigenvalue weighted by Gasteiger charge is -2.18. The standard InChI is InChI=1S/C25H34N6O/c1-3-24-30-29-20-31(24)18-16-27-25(28-17-19-32-2)26-15-14-23(21-10-6-4-7-11-21)22-12-8-5-9-13-22/h4-13,20,23H,3,14-19H2,1-2H3,(H2,26,27,28). The second-order valence-corrected chi connectivity index (χ2v) is 7.53. The molecule has 3 rings (SSSR count). The van der Waals surface area contributed by atoms with Crippen LogP contribution in [0.5, 0.6) is 0 Å². The van der Waals surface area contributed by atoms with E-state index in [4.69, 9.17) is 9.73 Å². The van der Waals surface area contributed by atoms with E-state index in [1.165, 1.54) is 11.1 Å². The quantitative estimate of drug-likeness (QED) is 0.260. The van der Waals surface area contributed by atoms with E-state index in [2.05, 4.69) is 93.0 Å². The Morgan fingerprint density at radius 3 is 2.28 bits per heavy atom. The molecular weight excluding hydrogens is 400 g/mol. The van der Waals surface area contributed by atoms with Gasteiger partial charge in [-0.3, -0.25) is 4.99 Å². The molecule has 0 atom stereocenters. The van der Waals surface area contributed by atoms with Gasteiger partial charge in [-0.2, -0.15) is 0 Å². The first-order valence-electron chi connectivity index (χ1n) is 11.3. The van der Waals surface area contributed by atoms with Crippen LogP contribution < -0.4 is 10.6 Å². The molecular formula is C25H34N6O. The maximum Gasteiger partial charge on any atom is 0.191 e. The number of ether oxygens (including phenoxy) is 1. The Kier molecular flexibility index (Phi) is 9.73. The second-order valence-electron chi connectivity index (χ2n) is 7.53. The van der Waals surface area contributed by atoms with Crippen molar-refractivity contribution >= 4 is 5.96 Å². The predicted molar refractivity (Wildman–Crippen MR) is 129 cm³/mol. The fourth-order valence-electron chi connectivity index (χ4n) is 3.68. The number of aliphatic imine (C=N–C) groups is 1. The molecule has 0 fully saturated rings. The number of aromatic nitrogens is 3. The summed E-state index contributed by atoms with van der Waals surface area (Å²) in [4.78, 5) is 4.85. The molecule has 7 nitrogen and oxygen atoms in total. The van der Waals surface area contributed by atoms with E-state index in [0.29, 0.717) is 25.6 Å². The Balaban J connectivity index is 1.63. The van der Waals surface area contributed by atoms with Crippen molar-refractivity contribution in [1.29, 1.82) is 0 Å². The maximum atomic E-state index is 5.18. The van der Waals surface area contributed by atoms with Crippen LogP contribution in [0.4, 0.5) is 0 Å². The molecule has 2 aromatic carbocycles. The van der Waals surface area contributed by atoms with Crippen LogP contribution in [0.3, 0.4) is 0 Å². The molecule has 32 heavy (non-hydrogen) atoms. The van der Waals surface area contributed by atoms with Crippen molar-refractivity contribution in [1.82, 2.24) is 25.4 Å². The molecule has 3 aromatic rings. The zero-order valence-electron chi connectivity index (χ0n) is 19.1. The zero-order valence-corrected chi connectivity index (χ0v) is 19.1. The average Bonchev–Trinajstić information content (AvgIpc) is 3.30. The number of rotatable bonds is 12. The van der Waals surface area contributed by atoms with Gasteiger partial charge < -0.3 is 19.9 Å². The summed E-state index contributed by atoms with van der Waals surface area (Å²) < 4.78 is 7.25. The number of nitrogens with zero attached hydrogens (tertiary/aromatic N) is 4. The monoisotopic (exact) mass is 434 g/mol. The van der Waals surface area contributed by atoms with Crippen LogP contribution in [0.2, 0.25) is 0 Å². The van der Waals surface area contributed by atoms with Crippen LogP contribution in [-0.2, 0) is 17.7 Å². The van der Waals surface area contributed by atoms with Crippen molar-refractivity contribution in [3.63, 3.8) is 0 Å². The van der Waals surface area contributed by atoms with Gasteiger partial charge in [0.05, 0.1) is 6.61 Å². The van der Waals surface area contributed by atoms with Crippen molar-refractivity contribution < 1.29 is 4.74 Å². The van der Waals surface area contributed by atoms with Crippen LogP contribution >= 0.6 is 0 Å². The van der Waals surface area contributed by atoms with Gasteiger partial charge >= 0.3 is 0 Å². The first-order valence-corrected chi connectivity index (χ1v) is 11.3. The molecule has 0 aliphatic rings. The third-order valence-electron chi connectivity index (χ3n) is 5.35. The lowest BCUT2D eigenvalue weighted by atomic mass is 9.89. The van der Waals surface area contributed by atoms with Gasteiger partial charge in [-0.1, -0.05) is 67.6 Å². The molecule has 1 aromatic heterocycles. The minimum absolute atomic E-state index is 0.311. The van der Waals surface area contributed by atoms with Gasteiger partial charge in [0, 0.05) is 45.6 Å². The van der Waals surface area contributed by atoms with Crippen molar-refractivity contribution in [2.45, 2.75) is 32.2 Å². The molecule has 0 saturated heterocycles. The van der Waals surface area contributed by atoms with E-state index >= 15 is 0 Å². The summed E-state index contributed by atoms with van der Waals surface area (Å²) in [7, 11) is 1.70. The molecule has 2 N–H and O–H groups in total. The number of hydrogen-bond acceptors (Lipinski definition) is 4. The summed E-state index contributed by atoms with van der Waals surface area (Å²) in [5, 5.41) is 14.9. The lowest BCUT2D eigenvalue weighted by molar-refractivity contribution is 0.203. The minimum Gasteiger partial charge on any atom is -0.383 e. The summed E-state index contributed by atoms with van der Waals surface area (Å²) in [6, 6.07) is 21.3. The van der Waals surface area contributed by atoms with E-state index in [1.54, 1.807) is 13.4 Å². The zero-order chi connectivity index (χ0) is 22.4. The Bertz CT molecular complexity index is 886. The molecule has 1 heterocycles. The molecule has 7 heteroatoms. The Morgan fingerprint density at radius 2 is 1.66 bits per heavy atom. The van der Waals surface area contributed by atoms with Gasteiger partial charge in [0.15, 0.2) is 5.96 Å². The fourth-order valence-corrected chi connectivity index (χ4v) is 3.68. The molecule has 0 spiro atoms. The first kappa shape index (κ1) is 23.5. The van der Waals surface area contributed by atoms with Crippen LogP contribution in [0, 0.1) is 0 Å². The van der Waals surface area contributed by atoms with Gasteiger partial charge in [-0.05, 0) is 17.5 Å². The topological polar surface area (TPSA) is 76.4 Å². The molecule has 0 unspecified atom stereocenters. The number of methoxy groups -OCH3 is 1. The summed E-state index contributed by atoms with van der Waals surface area (Å²) in [5.41, 5.74) is 2.63. The van der Waals surface area contributed by atoms with E-state index < -0.39 is 0 Å². The number of nitrogens with one attached hydrogen (secondary N) is 2. The third kappa shape index (κ3) is 7.20.